The van der Waals surface area contributed by atoms with Crippen LogP contribution in [0.25, 0.3) is 0 Å². The van der Waals surface area contributed by atoms with E-state index in [1.165, 1.54) is 43.3 Å². The van der Waals surface area contributed by atoms with E-state index in [0.717, 1.165) is 31.6 Å². The van der Waals surface area contributed by atoms with Crippen LogP contribution in [0.2, 0.25) is 36.3 Å². The van der Waals surface area contributed by atoms with E-state index < -0.39 is 22.7 Å². The lowest BCUT2D eigenvalue weighted by atomic mass is 9.61. The average Bonchev–Trinajstić information content (AvgIpc) is 3.56. The number of allylic oxidation sites excluding steroid dienone is 4. The molecule has 5 nitrogen and oxygen atoms in total. The zero-order valence-electron chi connectivity index (χ0n) is 34.2. The first kappa shape index (κ1) is 39.9. The Balaban J connectivity index is 1.34. The van der Waals surface area contributed by atoms with Crippen LogP contribution in [0.1, 0.15) is 120 Å². The fourth-order valence-electron chi connectivity index (χ4n) is 9.02. The maximum atomic E-state index is 11.3. The predicted molar refractivity (Wildman–Crippen MR) is 216 cm³/mol. The van der Waals surface area contributed by atoms with Crippen molar-refractivity contribution < 1.29 is 18.7 Å². The zero-order chi connectivity index (χ0) is 37.1. The minimum Gasteiger partial charge on any atom is -0.478 e. The number of ether oxygens (including phenoxy) is 1. The Hall–Kier alpha value is -1.26. The van der Waals surface area contributed by atoms with Gasteiger partial charge in [-0.25, -0.2) is 4.99 Å². The molecule has 282 valence electrons. The Morgan fingerprint density at radius 2 is 1.60 bits per heavy atom. The van der Waals surface area contributed by atoms with Gasteiger partial charge in [0.1, 0.15) is 6.61 Å². The van der Waals surface area contributed by atoms with E-state index >= 15 is 0 Å². The van der Waals surface area contributed by atoms with Gasteiger partial charge >= 0.3 is 0 Å². The van der Waals surface area contributed by atoms with Crippen LogP contribution in [-0.4, -0.2) is 58.6 Å². The highest BCUT2D eigenvalue weighted by atomic mass is 28.4. The number of hydrogen-bond acceptors (Lipinski definition) is 5. The molecule has 5 aliphatic rings. The lowest BCUT2D eigenvalue weighted by molar-refractivity contribution is 0.0969. The fraction of sp³-hybridized carbons (Fsp3) is 0.791. The lowest BCUT2D eigenvalue weighted by Crippen LogP contribution is -2.49. The van der Waals surface area contributed by atoms with Gasteiger partial charge in [-0.3, -0.25) is 0 Å². The molecule has 0 spiro atoms. The number of hydrogen-bond donors (Lipinski definition) is 1. The van der Waals surface area contributed by atoms with E-state index in [2.05, 4.69) is 113 Å². The van der Waals surface area contributed by atoms with Gasteiger partial charge in [0, 0.05) is 6.42 Å². The number of aliphatic imine (C=N–C) groups is 1. The molecule has 0 amide bonds. The third kappa shape index (κ3) is 7.98. The Morgan fingerprint density at radius 1 is 0.960 bits per heavy atom. The first-order valence-corrected chi connectivity index (χ1v) is 25.8. The second-order valence-corrected chi connectivity index (χ2v) is 29.8. The molecule has 4 fully saturated rings. The average molecular weight is 724 g/mol. The Labute approximate surface area is 308 Å². The highest BCUT2D eigenvalue weighted by molar-refractivity contribution is 6.74. The molecular weight excluding hydrogens is 651 g/mol. The van der Waals surface area contributed by atoms with Gasteiger partial charge in [0.2, 0.25) is 0 Å². The van der Waals surface area contributed by atoms with Crippen molar-refractivity contribution >= 4 is 22.5 Å². The molecule has 0 saturated heterocycles. The molecule has 1 heterocycles. The molecule has 4 aliphatic carbocycles. The summed E-state index contributed by atoms with van der Waals surface area (Å²) in [6.45, 7) is 35.9. The minimum absolute atomic E-state index is 0.00464. The molecule has 5 rings (SSSR count). The van der Waals surface area contributed by atoms with Crippen LogP contribution in [-0.2, 0) is 13.6 Å². The Bertz CT molecular complexity index is 1390. The quantitative estimate of drug-likeness (QED) is 0.180. The predicted octanol–water partition coefficient (Wildman–Crippen LogP) is 11.3. The summed E-state index contributed by atoms with van der Waals surface area (Å²) in [5, 5.41) is 11.6. The van der Waals surface area contributed by atoms with E-state index in [0.29, 0.717) is 24.4 Å². The van der Waals surface area contributed by atoms with Crippen LogP contribution in [0.4, 0.5) is 0 Å². The molecule has 4 saturated carbocycles. The van der Waals surface area contributed by atoms with Crippen LogP contribution < -0.4 is 0 Å². The molecule has 0 aromatic carbocycles. The molecule has 1 aliphatic heterocycles. The smallest absolute Gasteiger partial charge is 0.193 e. The standard InChI is InChI=1S/C43H73NO4Si2/c1-29(17-22-38(45)43(24-25-43)39-44-30(2)28-46-39)35-20-21-36-32(16-15-23-42(35,36)10)18-19-33-26-34(47-49(11,12)40(4,5)6)27-37(31(33)3)48-50(13,14)41(7,8)9/h17-19,22,29-30,34-38,45H,3,15-16,20-21,23-28H2,1-2,4-14H3/b22-17+,32-18+,33-19-/t29-,30?,34-,35-,36+,37+,38+,42-/m1/s1. The minimum atomic E-state index is -2.00. The number of fused-ring (bicyclic) bond motifs is 1. The SMILES string of the molecule is C=C1/C(=C\C=C2/CCC[C@]3(C)[C@@H]([C@H](C)/C=C/[C@H](O)C4(C5=NC(C)CO5)CC4)CC[C@@H]23)C[C@@H](O[Si](C)(C)C(C)(C)C)C[C@@H]1O[Si](C)(C)C(C)(C)C. The second-order valence-electron chi connectivity index (χ2n) is 20.3. The van der Waals surface area contributed by atoms with Crippen LogP contribution >= 0.6 is 0 Å². The summed E-state index contributed by atoms with van der Waals surface area (Å²) in [5.74, 6) is 2.41. The zero-order valence-corrected chi connectivity index (χ0v) is 36.2. The van der Waals surface area contributed by atoms with Crippen molar-refractivity contribution in [3.63, 3.8) is 0 Å². The van der Waals surface area contributed by atoms with Crippen LogP contribution in [0, 0.1) is 28.6 Å². The van der Waals surface area contributed by atoms with E-state index in [1.807, 2.05) is 0 Å². The van der Waals surface area contributed by atoms with Crippen LogP contribution in [0.3, 0.4) is 0 Å². The van der Waals surface area contributed by atoms with E-state index in [4.69, 9.17) is 25.2 Å². The molecule has 0 bridgehead atoms. The summed E-state index contributed by atoms with van der Waals surface area (Å²) in [7, 11) is -3.95. The van der Waals surface area contributed by atoms with Gasteiger partial charge in [0.05, 0.1) is 29.8 Å². The molecule has 0 radical (unpaired) electrons. The molecule has 7 heteroatoms. The van der Waals surface area contributed by atoms with Crippen molar-refractivity contribution in [2.24, 2.45) is 33.6 Å². The summed E-state index contributed by atoms with van der Waals surface area (Å²) in [6, 6.07) is 0.197. The van der Waals surface area contributed by atoms with Crippen LogP contribution in [0.15, 0.2) is 52.6 Å². The largest absolute Gasteiger partial charge is 0.478 e. The van der Waals surface area contributed by atoms with Crippen molar-refractivity contribution in [1.82, 2.24) is 0 Å². The maximum Gasteiger partial charge on any atom is 0.193 e. The fourth-order valence-corrected chi connectivity index (χ4v) is 11.7. The van der Waals surface area contributed by atoms with E-state index in [9.17, 15) is 5.11 Å². The van der Waals surface area contributed by atoms with Gasteiger partial charge in [-0.15, -0.1) is 0 Å². The van der Waals surface area contributed by atoms with Crippen molar-refractivity contribution in [1.29, 1.82) is 0 Å². The molecule has 1 N–H and O–H groups in total. The highest BCUT2D eigenvalue weighted by Gasteiger charge is 2.56. The summed E-state index contributed by atoms with van der Waals surface area (Å²) in [5.41, 5.74) is 4.09. The lowest BCUT2D eigenvalue weighted by Gasteiger charge is -2.45. The van der Waals surface area contributed by atoms with E-state index in [1.54, 1.807) is 5.57 Å². The molecule has 0 aromatic rings. The van der Waals surface area contributed by atoms with Crippen molar-refractivity contribution in [2.45, 2.75) is 181 Å². The summed E-state index contributed by atoms with van der Waals surface area (Å²) >= 11 is 0. The van der Waals surface area contributed by atoms with Crippen molar-refractivity contribution in [2.75, 3.05) is 6.61 Å². The normalized spacial score (nSPS) is 35.0. The maximum absolute atomic E-state index is 11.3. The highest BCUT2D eigenvalue weighted by Crippen LogP contribution is 2.60. The third-order valence-electron chi connectivity index (χ3n) is 14.6. The molecule has 50 heavy (non-hydrogen) atoms. The summed E-state index contributed by atoms with van der Waals surface area (Å²) in [6.07, 6.45) is 18.9. The van der Waals surface area contributed by atoms with Gasteiger partial charge in [-0.2, -0.15) is 0 Å². The van der Waals surface area contributed by atoms with Gasteiger partial charge in [0.25, 0.3) is 0 Å². The first-order chi connectivity index (χ1) is 23.0. The van der Waals surface area contributed by atoms with Crippen molar-refractivity contribution in [3.8, 4) is 0 Å². The topological polar surface area (TPSA) is 60.3 Å². The van der Waals surface area contributed by atoms with E-state index in [-0.39, 0.29) is 39.2 Å². The first-order valence-electron chi connectivity index (χ1n) is 20.0. The molecule has 0 aromatic heterocycles. The monoisotopic (exact) mass is 724 g/mol. The summed E-state index contributed by atoms with van der Waals surface area (Å²) in [4.78, 5) is 4.71. The second kappa shape index (κ2) is 14.2. The number of nitrogens with zero attached hydrogens (tertiary/aromatic N) is 1. The molecule has 8 atom stereocenters. The van der Waals surface area contributed by atoms with Gasteiger partial charge in [-0.05, 0) is 129 Å². The summed E-state index contributed by atoms with van der Waals surface area (Å²) < 4.78 is 20.1. The Kier molecular flexibility index (Phi) is 11.3. The number of aliphatic hydroxyl groups excluding tert-OH is 1. The van der Waals surface area contributed by atoms with Crippen molar-refractivity contribution in [3.05, 3.63) is 47.6 Å². The van der Waals surface area contributed by atoms with Gasteiger partial charge < -0.3 is 18.7 Å². The molecular formula is C43H73NO4Si2. The third-order valence-corrected chi connectivity index (χ3v) is 23.6. The Morgan fingerprint density at radius 3 is 2.18 bits per heavy atom. The van der Waals surface area contributed by atoms with Crippen LogP contribution in [0.5, 0.6) is 0 Å². The number of rotatable bonds is 10. The van der Waals surface area contributed by atoms with Gasteiger partial charge in [-0.1, -0.05) is 91.8 Å². The number of aliphatic hydroxyl groups is 1. The molecule has 1 unspecified atom stereocenters. The van der Waals surface area contributed by atoms with Gasteiger partial charge in [0.15, 0.2) is 22.5 Å².